The minimum Gasteiger partial charge on any atom is -0.496 e. The zero-order chi connectivity index (χ0) is 24.5. The van der Waals surface area contributed by atoms with Crippen LogP contribution in [0.2, 0.25) is 0 Å². The van der Waals surface area contributed by atoms with E-state index >= 15 is 0 Å². The van der Waals surface area contributed by atoms with Gasteiger partial charge in [0, 0.05) is 55.7 Å². The van der Waals surface area contributed by atoms with E-state index in [2.05, 4.69) is 4.98 Å². The Hall–Kier alpha value is -3.17. The first-order valence-electron chi connectivity index (χ1n) is 11.2. The second kappa shape index (κ2) is 9.60. The van der Waals surface area contributed by atoms with Gasteiger partial charge in [-0.1, -0.05) is 0 Å². The molecule has 34 heavy (non-hydrogen) atoms. The van der Waals surface area contributed by atoms with Crippen LogP contribution < -0.4 is 19.9 Å². The van der Waals surface area contributed by atoms with Gasteiger partial charge in [-0.3, -0.25) is 4.79 Å². The number of pyridine rings is 1. The molecular weight excluding hydrogens is 451 g/mol. The predicted molar refractivity (Wildman–Crippen MR) is 119 cm³/mol. The first-order valence-corrected chi connectivity index (χ1v) is 11.2. The largest absolute Gasteiger partial charge is 0.496 e. The normalized spacial score (nSPS) is 18.3. The number of ether oxygens (including phenoxy) is 3. The SMILES string of the molecule is COc1cc(C(=O)N2CCC(c3cnc(N)cc3OC)CC2)c(F)cc1OCC1CC(F)(F)C1. The molecular formula is C24H28F3N3O4. The smallest absolute Gasteiger partial charge is 0.256 e. The van der Waals surface area contributed by atoms with E-state index in [1.165, 1.54) is 13.2 Å². The summed E-state index contributed by atoms with van der Waals surface area (Å²) in [7, 11) is 2.95. The van der Waals surface area contributed by atoms with Gasteiger partial charge in [-0.2, -0.15) is 0 Å². The van der Waals surface area contributed by atoms with Crippen LogP contribution in [0.15, 0.2) is 24.4 Å². The Bertz CT molecular complexity index is 1050. The van der Waals surface area contributed by atoms with Crippen molar-refractivity contribution in [3.63, 3.8) is 0 Å². The number of likely N-dealkylation sites (tertiary alicyclic amines) is 1. The summed E-state index contributed by atoms with van der Waals surface area (Å²) in [6.07, 6.45) is 2.54. The van der Waals surface area contributed by atoms with Crippen LogP contribution in [0.1, 0.15) is 47.5 Å². The highest BCUT2D eigenvalue weighted by Crippen LogP contribution is 2.43. The number of alkyl halides is 2. The number of benzene rings is 1. The van der Waals surface area contributed by atoms with Crippen molar-refractivity contribution in [1.82, 2.24) is 9.88 Å². The average Bonchev–Trinajstić information content (AvgIpc) is 2.81. The number of hydrogen-bond donors (Lipinski definition) is 1. The summed E-state index contributed by atoms with van der Waals surface area (Å²) in [6, 6.07) is 4.07. The standard InChI is InChI=1S/C24H28F3N3O4/c1-32-19-9-22(28)29-12-17(19)15-3-5-30(6-4-15)23(31)16-7-20(33-2)21(8-18(16)25)34-13-14-10-24(26,27)11-14/h7-9,12,14-15H,3-6,10-11,13H2,1-2H3,(H2,28,29). The van der Waals surface area contributed by atoms with Crippen LogP contribution in [0, 0.1) is 11.7 Å². The fourth-order valence-corrected chi connectivity index (χ4v) is 4.59. The van der Waals surface area contributed by atoms with Crippen molar-refractivity contribution in [1.29, 1.82) is 0 Å². The minimum absolute atomic E-state index is 0.0374. The van der Waals surface area contributed by atoms with Gasteiger partial charge >= 0.3 is 0 Å². The fraction of sp³-hybridized carbons (Fsp3) is 0.500. The Kier molecular flexibility index (Phi) is 6.77. The number of anilines is 1. The van der Waals surface area contributed by atoms with Crippen LogP contribution in [-0.2, 0) is 0 Å². The van der Waals surface area contributed by atoms with Gasteiger partial charge in [-0.05, 0) is 24.8 Å². The molecule has 2 aromatic rings. The molecule has 10 heteroatoms. The number of aromatic nitrogens is 1. The zero-order valence-corrected chi connectivity index (χ0v) is 19.2. The number of carbonyl (C=O) groups excluding carboxylic acids is 1. The van der Waals surface area contributed by atoms with Crippen molar-refractivity contribution < 1.29 is 32.2 Å². The molecule has 1 aromatic carbocycles. The third kappa shape index (κ3) is 5.00. The lowest BCUT2D eigenvalue weighted by molar-refractivity contribution is -0.119. The number of nitrogens with zero attached hydrogens (tertiary/aromatic N) is 2. The van der Waals surface area contributed by atoms with Crippen LogP contribution in [0.25, 0.3) is 0 Å². The van der Waals surface area contributed by atoms with E-state index in [1.54, 1.807) is 24.3 Å². The summed E-state index contributed by atoms with van der Waals surface area (Å²) >= 11 is 0. The molecule has 7 nitrogen and oxygen atoms in total. The lowest BCUT2D eigenvalue weighted by atomic mass is 9.82. The molecule has 2 heterocycles. The van der Waals surface area contributed by atoms with E-state index in [0.29, 0.717) is 37.5 Å². The van der Waals surface area contributed by atoms with Crippen molar-refractivity contribution in [2.24, 2.45) is 5.92 Å². The molecule has 1 aliphatic carbocycles. The molecule has 2 N–H and O–H groups in total. The van der Waals surface area contributed by atoms with Gasteiger partial charge in [-0.25, -0.2) is 18.2 Å². The summed E-state index contributed by atoms with van der Waals surface area (Å²) in [5.41, 5.74) is 6.54. The van der Waals surface area contributed by atoms with Gasteiger partial charge < -0.3 is 24.8 Å². The molecule has 2 aliphatic rings. The van der Waals surface area contributed by atoms with Gasteiger partial charge in [0.1, 0.15) is 17.4 Å². The van der Waals surface area contributed by atoms with Gasteiger partial charge in [0.05, 0.1) is 26.4 Å². The van der Waals surface area contributed by atoms with E-state index in [1.807, 2.05) is 0 Å². The van der Waals surface area contributed by atoms with Crippen molar-refractivity contribution in [3.8, 4) is 17.2 Å². The van der Waals surface area contributed by atoms with E-state index < -0.39 is 17.6 Å². The van der Waals surface area contributed by atoms with E-state index in [-0.39, 0.29) is 48.3 Å². The van der Waals surface area contributed by atoms with E-state index in [0.717, 1.165) is 11.6 Å². The molecule has 2 fully saturated rings. The molecule has 1 aliphatic heterocycles. The third-order valence-corrected chi connectivity index (χ3v) is 6.49. The van der Waals surface area contributed by atoms with Crippen LogP contribution in [0.4, 0.5) is 19.0 Å². The molecule has 0 unspecified atom stereocenters. The topological polar surface area (TPSA) is 86.9 Å². The number of piperidine rings is 1. The van der Waals surface area contributed by atoms with Crippen molar-refractivity contribution >= 4 is 11.7 Å². The Morgan fingerprint density at radius 3 is 2.41 bits per heavy atom. The van der Waals surface area contributed by atoms with Crippen molar-refractivity contribution in [3.05, 3.63) is 41.3 Å². The quantitative estimate of drug-likeness (QED) is 0.639. The summed E-state index contributed by atoms with van der Waals surface area (Å²) < 4.78 is 57.1. The maximum Gasteiger partial charge on any atom is 0.256 e. The lowest BCUT2D eigenvalue weighted by Crippen LogP contribution is -2.38. The zero-order valence-electron chi connectivity index (χ0n) is 19.2. The number of amides is 1. The van der Waals surface area contributed by atoms with Crippen molar-refractivity contribution in [2.45, 2.75) is 37.5 Å². The summed E-state index contributed by atoms with van der Waals surface area (Å²) in [4.78, 5) is 18.8. The highest BCUT2D eigenvalue weighted by atomic mass is 19.3. The molecule has 1 aromatic heterocycles. The Morgan fingerprint density at radius 2 is 1.79 bits per heavy atom. The fourth-order valence-electron chi connectivity index (χ4n) is 4.59. The monoisotopic (exact) mass is 479 g/mol. The first kappa shape index (κ1) is 24.0. The van der Waals surface area contributed by atoms with Gasteiger partial charge in [-0.15, -0.1) is 0 Å². The maximum absolute atomic E-state index is 14.9. The third-order valence-electron chi connectivity index (χ3n) is 6.49. The number of nitrogen functional groups attached to an aromatic ring is 1. The van der Waals surface area contributed by atoms with Crippen LogP contribution in [-0.4, -0.2) is 55.6 Å². The summed E-state index contributed by atoms with van der Waals surface area (Å²) in [5.74, 6) is -2.68. The molecule has 0 atom stereocenters. The summed E-state index contributed by atoms with van der Waals surface area (Å²) in [6.45, 7) is 0.912. The van der Waals surface area contributed by atoms with E-state index in [4.69, 9.17) is 19.9 Å². The van der Waals surface area contributed by atoms with Crippen LogP contribution in [0.5, 0.6) is 17.2 Å². The van der Waals surface area contributed by atoms with Gasteiger partial charge in [0.15, 0.2) is 11.5 Å². The molecule has 1 saturated heterocycles. The lowest BCUT2D eigenvalue weighted by Gasteiger charge is -2.34. The van der Waals surface area contributed by atoms with Crippen LogP contribution in [0.3, 0.4) is 0 Å². The molecule has 184 valence electrons. The molecule has 1 saturated carbocycles. The Morgan fingerprint density at radius 1 is 1.12 bits per heavy atom. The number of hydrogen-bond acceptors (Lipinski definition) is 6. The highest BCUT2D eigenvalue weighted by Gasteiger charge is 2.45. The minimum atomic E-state index is -2.65. The predicted octanol–water partition coefficient (Wildman–Crippen LogP) is 4.26. The Labute approximate surface area is 196 Å². The number of nitrogens with two attached hydrogens (primary N) is 1. The van der Waals surface area contributed by atoms with Crippen molar-refractivity contribution in [2.75, 3.05) is 39.6 Å². The number of rotatable bonds is 7. The van der Waals surface area contributed by atoms with E-state index in [9.17, 15) is 18.0 Å². The Balaban J connectivity index is 1.41. The molecule has 0 spiro atoms. The van der Waals surface area contributed by atoms with Gasteiger partial charge in [0.2, 0.25) is 5.92 Å². The average molecular weight is 479 g/mol. The number of halogens is 3. The molecule has 0 bridgehead atoms. The first-order chi connectivity index (χ1) is 16.2. The molecule has 4 rings (SSSR count). The summed E-state index contributed by atoms with van der Waals surface area (Å²) in [5, 5.41) is 0. The second-order valence-electron chi connectivity index (χ2n) is 8.84. The molecule has 0 radical (unpaired) electrons. The number of carbonyl (C=O) groups is 1. The van der Waals surface area contributed by atoms with Gasteiger partial charge in [0.25, 0.3) is 5.91 Å². The maximum atomic E-state index is 14.9. The molecule has 1 amide bonds. The van der Waals surface area contributed by atoms with Crippen LogP contribution >= 0.6 is 0 Å². The number of methoxy groups -OCH3 is 2. The highest BCUT2D eigenvalue weighted by molar-refractivity contribution is 5.95. The second-order valence-corrected chi connectivity index (χ2v) is 8.84.